The van der Waals surface area contributed by atoms with Gasteiger partial charge in [0.2, 0.25) is 11.8 Å². The Morgan fingerprint density at radius 2 is 2.16 bits per heavy atom. The van der Waals surface area contributed by atoms with Crippen LogP contribution in [0, 0.1) is 0 Å². The SMILES string of the molecule is CCOc1ccc(NCC(=O)N2CCCCC2)cn1. The smallest absolute Gasteiger partial charge is 0.241 e. The summed E-state index contributed by atoms with van der Waals surface area (Å²) in [5.74, 6) is 0.768. The normalized spacial score (nSPS) is 15.1. The zero-order valence-corrected chi connectivity index (χ0v) is 11.4. The van der Waals surface area contributed by atoms with Crippen LogP contribution in [0.2, 0.25) is 0 Å². The molecule has 1 amide bonds. The van der Waals surface area contributed by atoms with Gasteiger partial charge in [0.05, 0.1) is 25.0 Å². The number of ether oxygens (including phenoxy) is 1. The Labute approximate surface area is 114 Å². The third-order valence-corrected chi connectivity index (χ3v) is 3.18. The molecule has 1 aromatic rings. The molecule has 2 rings (SSSR count). The summed E-state index contributed by atoms with van der Waals surface area (Å²) in [4.78, 5) is 18.0. The molecule has 1 aliphatic rings. The number of aromatic nitrogens is 1. The van der Waals surface area contributed by atoms with Crippen LogP contribution in [-0.4, -0.2) is 42.0 Å². The molecule has 1 aliphatic heterocycles. The van der Waals surface area contributed by atoms with Crippen LogP contribution >= 0.6 is 0 Å². The summed E-state index contributed by atoms with van der Waals surface area (Å²) < 4.78 is 5.27. The van der Waals surface area contributed by atoms with E-state index in [1.165, 1.54) is 6.42 Å². The molecule has 5 heteroatoms. The quantitative estimate of drug-likeness (QED) is 0.881. The van der Waals surface area contributed by atoms with Crippen LogP contribution in [0.4, 0.5) is 5.69 Å². The van der Waals surface area contributed by atoms with Gasteiger partial charge in [0.15, 0.2) is 0 Å². The summed E-state index contributed by atoms with van der Waals surface area (Å²) in [7, 11) is 0. The molecule has 0 atom stereocenters. The fourth-order valence-corrected chi connectivity index (χ4v) is 2.15. The number of likely N-dealkylation sites (tertiary alicyclic amines) is 1. The molecule has 0 saturated carbocycles. The van der Waals surface area contributed by atoms with Gasteiger partial charge >= 0.3 is 0 Å². The molecule has 0 bridgehead atoms. The van der Waals surface area contributed by atoms with Crippen molar-refractivity contribution in [1.82, 2.24) is 9.88 Å². The summed E-state index contributed by atoms with van der Waals surface area (Å²) >= 11 is 0. The first-order valence-electron chi connectivity index (χ1n) is 6.90. The van der Waals surface area contributed by atoms with Gasteiger partial charge in [-0.05, 0) is 32.3 Å². The molecule has 0 spiro atoms. The van der Waals surface area contributed by atoms with Crippen molar-refractivity contribution in [2.45, 2.75) is 26.2 Å². The van der Waals surface area contributed by atoms with E-state index in [1.807, 2.05) is 17.9 Å². The maximum absolute atomic E-state index is 12.0. The highest BCUT2D eigenvalue weighted by molar-refractivity contribution is 5.80. The summed E-state index contributed by atoms with van der Waals surface area (Å²) in [6, 6.07) is 3.68. The zero-order chi connectivity index (χ0) is 13.5. The predicted octanol–water partition coefficient (Wildman–Crippen LogP) is 1.90. The molecule has 19 heavy (non-hydrogen) atoms. The van der Waals surface area contributed by atoms with Crippen LogP contribution < -0.4 is 10.1 Å². The lowest BCUT2D eigenvalue weighted by Gasteiger charge is -2.26. The highest BCUT2D eigenvalue weighted by atomic mass is 16.5. The lowest BCUT2D eigenvalue weighted by molar-refractivity contribution is -0.130. The van der Waals surface area contributed by atoms with E-state index in [2.05, 4.69) is 10.3 Å². The van der Waals surface area contributed by atoms with Gasteiger partial charge in [0.1, 0.15) is 0 Å². The Morgan fingerprint density at radius 3 is 2.79 bits per heavy atom. The molecule has 0 radical (unpaired) electrons. The van der Waals surface area contributed by atoms with Crippen molar-refractivity contribution in [3.63, 3.8) is 0 Å². The second-order valence-corrected chi connectivity index (χ2v) is 4.61. The van der Waals surface area contributed by atoms with E-state index >= 15 is 0 Å². The van der Waals surface area contributed by atoms with Crippen molar-refractivity contribution in [3.05, 3.63) is 18.3 Å². The minimum absolute atomic E-state index is 0.161. The highest BCUT2D eigenvalue weighted by Crippen LogP contribution is 2.12. The summed E-state index contributed by atoms with van der Waals surface area (Å²) in [6.45, 7) is 4.64. The average molecular weight is 263 g/mol. The van der Waals surface area contributed by atoms with Gasteiger partial charge in [0, 0.05) is 19.2 Å². The molecular formula is C14H21N3O2. The van der Waals surface area contributed by atoms with Gasteiger partial charge in [-0.2, -0.15) is 0 Å². The number of piperidine rings is 1. The summed E-state index contributed by atoms with van der Waals surface area (Å²) in [5, 5.41) is 3.10. The molecular weight excluding hydrogens is 242 g/mol. The average Bonchev–Trinajstić information content (AvgIpc) is 2.47. The molecule has 0 aromatic carbocycles. The molecule has 5 nitrogen and oxygen atoms in total. The van der Waals surface area contributed by atoms with E-state index in [0.717, 1.165) is 31.6 Å². The molecule has 1 fully saturated rings. The standard InChI is InChI=1S/C14H21N3O2/c1-2-19-13-7-6-12(10-16-13)15-11-14(18)17-8-4-3-5-9-17/h6-7,10,15H,2-5,8-9,11H2,1H3. The molecule has 1 N–H and O–H groups in total. The van der Waals surface area contributed by atoms with Gasteiger partial charge in [-0.1, -0.05) is 0 Å². The Kier molecular flexibility index (Phi) is 5.01. The number of nitrogens with zero attached hydrogens (tertiary/aromatic N) is 2. The van der Waals surface area contributed by atoms with E-state index in [9.17, 15) is 4.79 Å². The first kappa shape index (κ1) is 13.6. The topological polar surface area (TPSA) is 54.5 Å². The monoisotopic (exact) mass is 263 g/mol. The fraction of sp³-hybridized carbons (Fsp3) is 0.571. The number of hydrogen-bond donors (Lipinski definition) is 1. The first-order chi connectivity index (χ1) is 9.29. The third-order valence-electron chi connectivity index (χ3n) is 3.18. The van der Waals surface area contributed by atoms with Crippen LogP contribution in [0.3, 0.4) is 0 Å². The lowest BCUT2D eigenvalue weighted by Crippen LogP contribution is -2.39. The maximum Gasteiger partial charge on any atom is 0.241 e. The second-order valence-electron chi connectivity index (χ2n) is 4.61. The van der Waals surface area contributed by atoms with Crippen LogP contribution in [0.1, 0.15) is 26.2 Å². The second kappa shape index (κ2) is 6.97. The van der Waals surface area contributed by atoms with Gasteiger partial charge in [-0.25, -0.2) is 4.98 Å². The van der Waals surface area contributed by atoms with E-state index in [0.29, 0.717) is 19.0 Å². The predicted molar refractivity (Wildman–Crippen MR) is 74.3 cm³/mol. The summed E-state index contributed by atoms with van der Waals surface area (Å²) in [6.07, 6.45) is 5.17. The summed E-state index contributed by atoms with van der Waals surface area (Å²) in [5.41, 5.74) is 0.841. The number of hydrogen-bond acceptors (Lipinski definition) is 4. The van der Waals surface area contributed by atoms with Crippen molar-refractivity contribution in [3.8, 4) is 5.88 Å². The minimum Gasteiger partial charge on any atom is -0.478 e. The molecule has 0 unspecified atom stereocenters. The van der Waals surface area contributed by atoms with Crippen molar-refractivity contribution in [2.24, 2.45) is 0 Å². The van der Waals surface area contributed by atoms with E-state index in [1.54, 1.807) is 12.3 Å². The largest absolute Gasteiger partial charge is 0.478 e. The minimum atomic E-state index is 0.161. The van der Waals surface area contributed by atoms with Crippen molar-refractivity contribution in [2.75, 3.05) is 31.6 Å². The zero-order valence-electron chi connectivity index (χ0n) is 11.4. The number of carbonyl (C=O) groups excluding carboxylic acids is 1. The van der Waals surface area contributed by atoms with Crippen molar-refractivity contribution in [1.29, 1.82) is 0 Å². The number of rotatable bonds is 5. The van der Waals surface area contributed by atoms with Crippen LogP contribution in [0.5, 0.6) is 5.88 Å². The van der Waals surface area contributed by atoms with Crippen LogP contribution in [-0.2, 0) is 4.79 Å². The lowest BCUT2D eigenvalue weighted by atomic mass is 10.1. The number of pyridine rings is 1. The third kappa shape index (κ3) is 4.12. The van der Waals surface area contributed by atoms with Gasteiger partial charge in [0.25, 0.3) is 0 Å². The number of amides is 1. The van der Waals surface area contributed by atoms with E-state index in [-0.39, 0.29) is 5.91 Å². The van der Waals surface area contributed by atoms with Crippen LogP contribution in [0.15, 0.2) is 18.3 Å². The van der Waals surface area contributed by atoms with Crippen molar-refractivity contribution < 1.29 is 9.53 Å². The molecule has 1 saturated heterocycles. The molecule has 0 aliphatic carbocycles. The molecule has 104 valence electrons. The highest BCUT2D eigenvalue weighted by Gasteiger charge is 2.15. The van der Waals surface area contributed by atoms with Gasteiger partial charge in [-0.15, -0.1) is 0 Å². The van der Waals surface area contributed by atoms with E-state index < -0.39 is 0 Å². The van der Waals surface area contributed by atoms with Gasteiger partial charge in [-0.3, -0.25) is 4.79 Å². The molecule has 1 aromatic heterocycles. The number of carbonyl (C=O) groups is 1. The maximum atomic E-state index is 12.0. The van der Waals surface area contributed by atoms with Crippen molar-refractivity contribution >= 4 is 11.6 Å². The Bertz CT molecular complexity index is 400. The fourth-order valence-electron chi connectivity index (χ4n) is 2.15. The van der Waals surface area contributed by atoms with Crippen LogP contribution in [0.25, 0.3) is 0 Å². The van der Waals surface area contributed by atoms with E-state index in [4.69, 9.17) is 4.74 Å². The Balaban J connectivity index is 1.79. The first-order valence-corrected chi connectivity index (χ1v) is 6.90. The number of anilines is 1. The van der Waals surface area contributed by atoms with Gasteiger partial charge < -0.3 is 15.0 Å². The molecule has 2 heterocycles. The number of nitrogens with one attached hydrogen (secondary N) is 1. The Hall–Kier alpha value is -1.78. The Morgan fingerprint density at radius 1 is 1.37 bits per heavy atom.